The predicted molar refractivity (Wildman–Crippen MR) is 118 cm³/mol. The molecule has 5 heteroatoms. The number of nitrogens with zero attached hydrogens (tertiary/aromatic N) is 3. The van der Waals surface area contributed by atoms with E-state index in [0.717, 1.165) is 42.7 Å². The number of pyridine rings is 1. The highest BCUT2D eigenvalue weighted by molar-refractivity contribution is 6.04. The van der Waals surface area contributed by atoms with E-state index in [4.69, 9.17) is 11.2 Å². The van der Waals surface area contributed by atoms with Crippen molar-refractivity contribution in [1.82, 2.24) is 9.88 Å². The van der Waals surface area contributed by atoms with E-state index in [1.807, 2.05) is 37.8 Å². The molecule has 1 aliphatic rings. The lowest BCUT2D eigenvalue weighted by molar-refractivity contribution is 0.00238. The summed E-state index contributed by atoms with van der Waals surface area (Å²) in [6.45, 7) is 9.80. The Hall–Kier alpha value is -2.61. The minimum Gasteiger partial charge on any atom is -0.444 e. The maximum Gasteiger partial charge on any atom is 0.411 e. The molecule has 0 spiro atoms. The summed E-state index contributed by atoms with van der Waals surface area (Å²) in [5, 5.41) is 0. The number of aromatic nitrogens is 1. The fourth-order valence-corrected chi connectivity index (χ4v) is 3.84. The van der Waals surface area contributed by atoms with Gasteiger partial charge in [0.05, 0.1) is 23.5 Å². The summed E-state index contributed by atoms with van der Waals surface area (Å²) in [5.74, 6) is 2.59. The quantitative estimate of drug-likeness (QED) is 0.512. The van der Waals surface area contributed by atoms with Gasteiger partial charge in [-0.3, -0.25) is 9.89 Å². The van der Waals surface area contributed by atoms with E-state index in [1.165, 1.54) is 0 Å². The summed E-state index contributed by atoms with van der Waals surface area (Å²) in [5.41, 5.74) is 2.80. The van der Waals surface area contributed by atoms with Crippen LogP contribution in [0.2, 0.25) is 0 Å². The average Bonchev–Trinajstić information content (AvgIpc) is 2.67. The normalized spacial score (nSPS) is 20.9. The number of rotatable bonds is 4. The molecular weight excluding hydrogens is 362 g/mol. The van der Waals surface area contributed by atoms with Gasteiger partial charge in [-0.25, -0.2) is 9.78 Å². The lowest BCUT2D eigenvalue weighted by Gasteiger charge is -2.42. The maximum atomic E-state index is 13.3. The first-order valence-corrected chi connectivity index (χ1v) is 10.3. The van der Waals surface area contributed by atoms with E-state index in [0.29, 0.717) is 5.69 Å². The number of aliphatic imine (C=N–C) groups is 1. The zero-order valence-electron chi connectivity index (χ0n) is 18.5. The highest BCUT2D eigenvalue weighted by atomic mass is 16.6. The van der Waals surface area contributed by atoms with Crippen LogP contribution in [0.5, 0.6) is 0 Å². The summed E-state index contributed by atoms with van der Waals surface area (Å²) in [6.07, 6.45) is 10.9. The lowest BCUT2D eigenvalue weighted by Crippen LogP contribution is -2.51. The third-order valence-electron chi connectivity index (χ3n) is 4.96. The molecule has 0 N–H and O–H groups in total. The Balaban J connectivity index is 2.53. The van der Waals surface area contributed by atoms with Gasteiger partial charge < -0.3 is 4.74 Å². The Morgan fingerprint density at radius 1 is 1.41 bits per heavy atom. The third-order valence-corrected chi connectivity index (χ3v) is 4.96. The van der Waals surface area contributed by atoms with Gasteiger partial charge in [0.15, 0.2) is 0 Å². The van der Waals surface area contributed by atoms with E-state index in [-0.39, 0.29) is 18.2 Å². The zero-order chi connectivity index (χ0) is 21.6. The Kier molecular flexibility index (Phi) is 7.61. The van der Waals surface area contributed by atoms with E-state index < -0.39 is 5.60 Å². The van der Waals surface area contributed by atoms with Gasteiger partial charge in [-0.15, -0.1) is 6.42 Å². The molecule has 0 aliphatic carbocycles. The molecule has 1 aromatic rings. The van der Waals surface area contributed by atoms with Crippen molar-refractivity contribution in [2.75, 3.05) is 7.05 Å². The van der Waals surface area contributed by atoms with Crippen LogP contribution >= 0.6 is 0 Å². The molecule has 1 fully saturated rings. The standard InChI is InChI=1S/C24H33N3O2/c1-8-12-17(3)22(25-7)21-16-11-15-20(19-14-10-13-18(9-2)26-19)27(21)23(28)29-24(4,5)6/h2,10,12-14,20-21H,8,11,15-16H2,1,3-7H3/b17-12-,25-22?. The lowest BCUT2D eigenvalue weighted by atomic mass is 9.88. The molecule has 0 bridgehead atoms. The van der Waals surface area contributed by atoms with E-state index >= 15 is 0 Å². The Bertz CT molecular complexity index is 827. The Morgan fingerprint density at radius 2 is 2.14 bits per heavy atom. The van der Waals surface area contributed by atoms with Crippen molar-refractivity contribution in [3.05, 3.63) is 41.2 Å². The molecule has 1 aliphatic heterocycles. The summed E-state index contributed by atoms with van der Waals surface area (Å²) in [6, 6.07) is 5.26. The number of likely N-dealkylation sites (tertiary alicyclic amines) is 1. The molecule has 156 valence electrons. The van der Waals surface area contributed by atoms with Gasteiger partial charge in [-0.05, 0) is 71.1 Å². The molecule has 1 aromatic heterocycles. The Morgan fingerprint density at radius 3 is 2.72 bits per heavy atom. The van der Waals surface area contributed by atoms with Crippen LogP contribution in [0.1, 0.15) is 77.7 Å². The first-order valence-electron chi connectivity index (χ1n) is 10.3. The third kappa shape index (κ3) is 5.69. The van der Waals surface area contributed by atoms with E-state index in [2.05, 4.69) is 35.8 Å². The van der Waals surface area contributed by atoms with Crippen LogP contribution < -0.4 is 0 Å². The van der Waals surface area contributed by atoms with E-state index in [1.54, 1.807) is 13.1 Å². The monoisotopic (exact) mass is 395 g/mol. The van der Waals surface area contributed by atoms with Crippen molar-refractivity contribution in [3.8, 4) is 12.3 Å². The predicted octanol–water partition coefficient (Wildman–Crippen LogP) is 5.32. The molecule has 2 rings (SSSR count). The molecule has 0 aromatic carbocycles. The first kappa shape index (κ1) is 22.7. The second-order valence-corrected chi connectivity index (χ2v) is 8.35. The van der Waals surface area contributed by atoms with Crippen molar-refractivity contribution >= 4 is 11.8 Å². The Labute approximate surface area is 175 Å². The van der Waals surface area contributed by atoms with E-state index in [9.17, 15) is 4.79 Å². The molecule has 2 unspecified atom stereocenters. The summed E-state index contributed by atoms with van der Waals surface area (Å²) < 4.78 is 5.79. The minimum absolute atomic E-state index is 0.160. The van der Waals surface area contributed by atoms with Gasteiger partial charge in [0.2, 0.25) is 0 Å². The maximum absolute atomic E-state index is 13.3. The van der Waals surface area contributed by atoms with Crippen molar-refractivity contribution in [3.63, 3.8) is 0 Å². The van der Waals surface area contributed by atoms with Gasteiger partial charge in [0.25, 0.3) is 0 Å². The number of carbonyl (C=O) groups is 1. The molecule has 2 heterocycles. The second-order valence-electron chi connectivity index (χ2n) is 8.35. The second kappa shape index (κ2) is 9.73. The topological polar surface area (TPSA) is 54.8 Å². The van der Waals surface area contributed by atoms with Crippen LogP contribution in [0, 0.1) is 12.3 Å². The fourth-order valence-electron chi connectivity index (χ4n) is 3.84. The van der Waals surface area contributed by atoms with Gasteiger partial charge in [0, 0.05) is 7.05 Å². The molecule has 1 saturated heterocycles. The first-order chi connectivity index (χ1) is 13.7. The number of allylic oxidation sites excluding steroid dienone is 1. The minimum atomic E-state index is -0.588. The molecule has 0 radical (unpaired) electrons. The molecular formula is C24H33N3O2. The SMILES string of the molecule is C#Cc1cccc(C2CCCC(C(=NC)/C(C)=C\CC)N2C(=O)OC(C)(C)C)n1. The largest absolute Gasteiger partial charge is 0.444 e. The number of ether oxygens (including phenoxy) is 1. The smallest absolute Gasteiger partial charge is 0.411 e. The summed E-state index contributed by atoms with van der Waals surface area (Å²) >= 11 is 0. The van der Waals surface area contributed by atoms with Crippen molar-refractivity contribution in [2.45, 2.75) is 78.0 Å². The average molecular weight is 396 g/mol. The van der Waals surface area contributed by atoms with Crippen LogP contribution in [-0.4, -0.2) is 40.4 Å². The van der Waals surface area contributed by atoms with Crippen molar-refractivity contribution in [2.24, 2.45) is 4.99 Å². The van der Waals surface area contributed by atoms with Crippen LogP contribution in [0.3, 0.4) is 0 Å². The number of carbonyl (C=O) groups excluding carboxylic acids is 1. The van der Waals surface area contributed by atoms with Crippen molar-refractivity contribution in [1.29, 1.82) is 0 Å². The molecule has 29 heavy (non-hydrogen) atoms. The van der Waals surface area contributed by atoms with Gasteiger partial charge in [-0.2, -0.15) is 0 Å². The van der Waals surface area contributed by atoms with Crippen LogP contribution in [0.15, 0.2) is 34.8 Å². The van der Waals surface area contributed by atoms with Crippen LogP contribution in [0.4, 0.5) is 4.79 Å². The zero-order valence-corrected chi connectivity index (χ0v) is 18.5. The fraction of sp³-hybridized carbons (Fsp3) is 0.542. The molecule has 5 nitrogen and oxygen atoms in total. The molecule has 2 atom stereocenters. The highest BCUT2D eigenvalue weighted by Gasteiger charge is 2.40. The molecule has 0 saturated carbocycles. The van der Waals surface area contributed by atoms with Crippen LogP contribution in [-0.2, 0) is 4.74 Å². The van der Waals surface area contributed by atoms with Crippen LogP contribution in [0.25, 0.3) is 0 Å². The van der Waals surface area contributed by atoms with Crippen molar-refractivity contribution < 1.29 is 9.53 Å². The number of piperidine rings is 1. The summed E-state index contributed by atoms with van der Waals surface area (Å²) in [4.78, 5) is 24.3. The number of hydrogen-bond acceptors (Lipinski definition) is 4. The van der Waals surface area contributed by atoms with Gasteiger partial charge in [-0.1, -0.05) is 25.0 Å². The highest BCUT2D eigenvalue weighted by Crippen LogP contribution is 2.36. The summed E-state index contributed by atoms with van der Waals surface area (Å²) in [7, 11) is 1.79. The van der Waals surface area contributed by atoms with Gasteiger partial charge in [0.1, 0.15) is 11.3 Å². The molecule has 1 amide bonds. The van der Waals surface area contributed by atoms with Gasteiger partial charge >= 0.3 is 6.09 Å². The number of amides is 1. The number of terminal acetylenes is 1. The number of hydrogen-bond donors (Lipinski definition) is 0.